The van der Waals surface area contributed by atoms with E-state index in [1.807, 2.05) is 12.1 Å². The maximum atomic E-state index is 10.6. The fourth-order valence-corrected chi connectivity index (χ4v) is 1.74. The second kappa shape index (κ2) is 3.48. The van der Waals surface area contributed by atoms with E-state index >= 15 is 0 Å². The van der Waals surface area contributed by atoms with Gasteiger partial charge in [-0.25, -0.2) is 4.98 Å². The lowest BCUT2D eigenvalue weighted by molar-refractivity contribution is 0.111. The lowest BCUT2D eigenvalue weighted by Crippen LogP contribution is -2.15. The summed E-state index contributed by atoms with van der Waals surface area (Å²) in [6.07, 6.45) is 0.732. The summed E-state index contributed by atoms with van der Waals surface area (Å²) in [5.74, 6) is 1.42. The van der Waals surface area contributed by atoms with E-state index in [0.717, 1.165) is 22.9 Å². The Morgan fingerprint density at radius 1 is 1.12 bits per heavy atom. The van der Waals surface area contributed by atoms with Gasteiger partial charge in [0.05, 0.1) is 5.52 Å². The molecule has 2 aromatic rings. The Hall–Kier alpha value is -2.10. The Bertz CT molecular complexity index is 565. The van der Waals surface area contributed by atoms with Crippen molar-refractivity contribution in [3.8, 4) is 11.5 Å². The van der Waals surface area contributed by atoms with E-state index < -0.39 is 0 Å². The topological polar surface area (TPSA) is 48.4 Å². The molecule has 1 aliphatic heterocycles. The molecule has 1 aromatic heterocycles. The quantitative estimate of drug-likeness (QED) is 0.681. The monoisotopic (exact) mass is 215 g/mol. The minimum Gasteiger partial charge on any atom is -0.486 e. The molecule has 0 fully saturated rings. The summed E-state index contributed by atoms with van der Waals surface area (Å²) in [6, 6.07) is 7.22. The van der Waals surface area contributed by atoms with Crippen molar-refractivity contribution in [1.29, 1.82) is 0 Å². The third-order valence-electron chi connectivity index (χ3n) is 2.50. The minimum absolute atomic E-state index is 0.421. The van der Waals surface area contributed by atoms with Gasteiger partial charge in [0.2, 0.25) is 0 Å². The number of benzene rings is 1. The summed E-state index contributed by atoms with van der Waals surface area (Å²) >= 11 is 0. The van der Waals surface area contributed by atoms with Crippen molar-refractivity contribution in [2.45, 2.75) is 0 Å². The molecule has 0 unspecified atom stereocenters. The van der Waals surface area contributed by atoms with Gasteiger partial charge < -0.3 is 9.47 Å². The van der Waals surface area contributed by atoms with Crippen LogP contribution in [-0.4, -0.2) is 24.5 Å². The zero-order valence-corrected chi connectivity index (χ0v) is 8.47. The van der Waals surface area contributed by atoms with Crippen molar-refractivity contribution in [3.63, 3.8) is 0 Å². The molecule has 16 heavy (non-hydrogen) atoms. The maximum absolute atomic E-state index is 10.6. The summed E-state index contributed by atoms with van der Waals surface area (Å²) < 4.78 is 10.9. The van der Waals surface area contributed by atoms with Gasteiger partial charge in [0.15, 0.2) is 17.8 Å². The van der Waals surface area contributed by atoms with E-state index in [9.17, 15) is 4.79 Å². The molecule has 2 heterocycles. The second-order valence-corrected chi connectivity index (χ2v) is 3.54. The van der Waals surface area contributed by atoms with Crippen LogP contribution in [0.4, 0.5) is 0 Å². The second-order valence-electron chi connectivity index (χ2n) is 3.54. The van der Waals surface area contributed by atoms with E-state index in [-0.39, 0.29) is 0 Å². The summed E-state index contributed by atoms with van der Waals surface area (Å²) in [5, 5.41) is 0.940. The molecule has 3 rings (SSSR count). The number of ether oxygens (including phenoxy) is 2. The molecule has 1 aliphatic rings. The van der Waals surface area contributed by atoms with Crippen molar-refractivity contribution in [2.24, 2.45) is 0 Å². The average molecular weight is 215 g/mol. The zero-order valence-electron chi connectivity index (χ0n) is 8.47. The number of pyridine rings is 1. The van der Waals surface area contributed by atoms with E-state index in [2.05, 4.69) is 4.98 Å². The first-order valence-corrected chi connectivity index (χ1v) is 5.02. The van der Waals surface area contributed by atoms with Gasteiger partial charge in [0.1, 0.15) is 18.9 Å². The fraction of sp³-hybridized carbons (Fsp3) is 0.167. The van der Waals surface area contributed by atoms with Crippen molar-refractivity contribution < 1.29 is 14.3 Å². The van der Waals surface area contributed by atoms with Gasteiger partial charge in [0, 0.05) is 11.5 Å². The number of carbonyl (C=O) groups is 1. The van der Waals surface area contributed by atoms with Crippen LogP contribution in [0.5, 0.6) is 11.5 Å². The van der Waals surface area contributed by atoms with Crippen LogP contribution in [0.3, 0.4) is 0 Å². The Labute approximate surface area is 91.8 Å². The van der Waals surface area contributed by atoms with Gasteiger partial charge in [0.25, 0.3) is 0 Å². The summed E-state index contributed by atoms with van der Waals surface area (Å²) in [5.41, 5.74) is 1.16. The van der Waals surface area contributed by atoms with Crippen LogP contribution in [0.25, 0.3) is 10.9 Å². The fourth-order valence-electron chi connectivity index (χ4n) is 1.74. The molecule has 4 nitrogen and oxygen atoms in total. The van der Waals surface area contributed by atoms with Gasteiger partial charge in [-0.3, -0.25) is 4.79 Å². The predicted octanol–water partition coefficient (Wildman–Crippen LogP) is 1.82. The van der Waals surface area contributed by atoms with Crippen molar-refractivity contribution in [1.82, 2.24) is 4.98 Å². The van der Waals surface area contributed by atoms with Gasteiger partial charge in [-0.1, -0.05) is 6.07 Å². The Balaban J connectivity index is 2.23. The zero-order chi connectivity index (χ0) is 11.0. The lowest BCUT2D eigenvalue weighted by Gasteiger charge is -2.18. The standard InChI is InChI=1S/C12H9NO3/c14-7-9-2-1-8-5-11-12(6-10(8)13-9)16-4-3-15-11/h1-2,5-7H,3-4H2. The van der Waals surface area contributed by atoms with E-state index in [4.69, 9.17) is 9.47 Å². The van der Waals surface area contributed by atoms with Crippen LogP contribution < -0.4 is 9.47 Å². The van der Waals surface area contributed by atoms with Gasteiger partial charge in [-0.05, 0) is 12.1 Å². The number of nitrogens with zero attached hydrogens (tertiary/aromatic N) is 1. The molecule has 0 spiro atoms. The largest absolute Gasteiger partial charge is 0.486 e. The van der Waals surface area contributed by atoms with E-state index in [0.29, 0.717) is 24.7 Å². The number of carbonyl (C=O) groups excluding carboxylic acids is 1. The highest BCUT2D eigenvalue weighted by Crippen LogP contribution is 2.33. The van der Waals surface area contributed by atoms with Crippen molar-refractivity contribution in [2.75, 3.05) is 13.2 Å². The molecule has 0 amide bonds. The van der Waals surface area contributed by atoms with E-state index in [1.54, 1.807) is 12.1 Å². The van der Waals surface area contributed by atoms with Gasteiger partial charge in [-0.2, -0.15) is 0 Å². The first kappa shape index (κ1) is 9.15. The molecule has 0 saturated heterocycles. The minimum atomic E-state index is 0.421. The van der Waals surface area contributed by atoms with Crippen LogP contribution in [0.2, 0.25) is 0 Å². The molecular formula is C12H9NO3. The highest BCUT2D eigenvalue weighted by Gasteiger charge is 2.13. The SMILES string of the molecule is O=Cc1ccc2cc3c(cc2n1)OCCO3. The van der Waals surface area contributed by atoms with Crippen LogP contribution in [0.15, 0.2) is 24.3 Å². The number of rotatable bonds is 1. The van der Waals surface area contributed by atoms with Crippen LogP contribution in [0, 0.1) is 0 Å². The summed E-state index contributed by atoms with van der Waals surface area (Å²) in [4.78, 5) is 14.8. The maximum Gasteiger partial charge on any atom is 0.168 e. The van der Waals surface area contributed by atoms with Gasteiger partial charge >= 0.3 is 0 Å². The molecule has 0 atom stereocenters. The molecule has 80 valence electrons. The molecule has 0 radical (unpaired) electrons. The summed E-state index contributed by atoms with van der Waals surface area (Å²) in [6.45, 7) is 1.12. The third kappa shape index (κ3) is 1.39. The molecular weight excluding hydrogens is 206 g/mol. The van der Waals surface area contributed by atoms with Crippen molar-refractivity contribution in [3.05, 3.63) is 30.0 Å². The molecule has 0 N–H and O–H groups in total. The van der Waals surface area contributed by atoms with E-state index in [1.165, 1.54) is 0 Å². The number of hydrogen-bond acceptors (Lipinski definition) is 4. The highest BCUT2D eigenvalue weighted by atomic mass is 16.6. The van der Waals surface area contributed by atoms with Crippen molar-refractivity contribution >= 4 is 17.2 Å². The van der Waals surface area contributed by atoms with Crippen LogP contribution in [0.1, 0.15) is 10.5 Å². The number of hydrogen-bond donors (Lipinski definition) is 0. The molecule has 0 bridgehead atoms. The highest BCUT2D eigenvalue weighted by molar-refractivity contribution is 5.86. The number of aldehydes is 1. The molecule has 1 aromatic carbocycles. The smallest absolute Gasteiger partial charge is 0.168 e. The molecule has 0 saturated carbocycles. The first-order chi connectivity index (χ1) is 7.86. The Kier molecular flexibility index (Phi) is 1.99. The number of fused-ring (bicyclic) bond motifs is 2. The third-order valence-corrected chi connectivity index (χ3v) is 2.50. The normalized spacial score (nSPS) is 13.8. The average Bonchev–Trinajstić information content (AvgIpc) is 2.35. The Morgan fingerprint density at radius 2 is 1.88 bits per heavy atom. The molecule has 0 aliphatic carbocycles. The lowest BCUT2D eigenvalue weighted by atomic mass is 10.2. The molecule has 4 heteroatoms. The van der Waals surface area contributed by atoms with Crippen LogP contribution in [-0.2, 0) is 0 Å². The predicted molar refractivity (Wildman–Crippen MR) is 58.1 cm³/mol. The first-order valence-electron chi connectivity index (χ1n) is 5.02. The summed E-state index contributed by atoms with van der Waals surface area (Å²) in [7, 11) is 0. The Morgan fingerprint density at radius 3 is 2.62 bits per heavy atom. The number of aromatic nitrogens is 1. The van der Waals surface area contributed by atoms with Gasteiger partial charge in [-0.15, -0.1) is 0 Å². The van der Waals surface area contributed by atoms with Crippen LogP contribution >= 0.6 is 0 Å².